The van der Waals surface area contributed by atoms with E-state index in [9.17, 15) is 122 Å². The zero-order chi connectivity index (χ0) is 54.7. The van der Waals surface area contributed by atoms with Gasteiger partial charge in [-0.3, -0.25) is 14.4 Å². The maximum absolute atomic E-state index is 13.7. The second-order valence-corrected chi connectivity index (χ2v) is 20.6. The van der Waals surface area contributed by atoms with Crippen LogP contribution in [-0.4, -0.2) is 86.7 Å². The Labute approximate surface area is 414 Å². The van der Waals surface area contributed by atoms with Gasteiger partial charge < -0.3 is 15.3 Å². The van der Waals surface area contributed by atoms with Gasteiger partial charge in [0.05, 0.1) is 0 Å². The van der Waals surface area contributed by atoms with Crippen molar-refractivity contribution in [3.05, 3.63) is 34.0 Å². The number of allylic oxidation sites excluding steroid dienone is 6. The molecule has 6 aliphatic rings. The van der Waals surface area contributed by atoms with E-state index in [4.69, 9.17) is 0 Å². The Morgan fingerprint density at radius 1 is 0.371 bits per heavy atom. The van der Waals surface area contributed by atoms with E-state index in [1.165, 1.54) is 20.8 Å². The Hall–Kier alpha value is -2.59. The average molecular weight is 1210 g/mol. The third-order valence-corrected chi connectivity index (χ3v) is 16.9. The van der Waals surface area contributed by atoms with Gasteiger partial charge >= 0.3 is 54.1 Å². The van der Waals surface area contributed by atoms with Crippen LogP contribution in [0.1, 0.15) is 101 Å². The van der Waals surface area contributed by atoms with Crippen LogP contribution in [0.3, 0.4) is 0 Å². The maximum atomic E-state index is 13.7. The van der Waals surface area contributed by atoms with Gasteiger partial charge in [0.1, 0.15) is 0 Å². The van der Waals surface area contributed by atoms with Crippen LogP contribution in [0.15, 0.2) is 34.0 Å². The van der Waals surface area contributed by atoms with Crippen LogP contribution in [0.5, 0.6) is 0 Å². The number of alkyl halides is 21. The first-order chi connectivity index (χ1) is 30.1. The normalized spacial score (nSPS) is 32.8. The standard InChI is InChI=1S/3C14H15F7O2.Er/c3*1-10(2)6-4-5-11(10,3)8(22)7(6)9(23)12(15,16)13(17,18)14(19,20)21;/h3*6,23H,4-5H2,1-3H3;/b3*9-7-;/t3*6-,11+;/m000./s1. The molecule has 6 aliphatic carbocycles. The number of Topliss-reactive ketones (excluding diaryl/α,β-unsaturated/α-hetero) is 3. The molecule has 0 aromatic heterocycles. The van der Waals surface area contributed by atoms with Crippen molar-refractivity contribution in [2.45, 2.75) is 155 Å². The number of halogens is 21. The molecule has 6 rings (SSSR count). The number of fused-ring (bicyclic) bond motifs is 6. The molecule has 70 heavy (non-hydrogen) atoms. The summed E-state index contributed by atoms with van der Waals surface area (Å²) in [5, 5.41) is 28.6. The van der Waals surface area contributed by atoms with Crippen LogP contribution in [0.4, 0.5) is 92.2 Å². The van der Waals surface area contributed by atoms with E-state index in [-0.39, 0.29) is 56.6 Å². The molecule has 0 saturated heterocycles. The van der Waals surface area contributed by atoms with Crippen molar-refractivity contribution in [2.24, 2.45) is 50.2 Å². The number of hydrogen-bond acceptors (Lipinski definition) is 6. The largest absolute Gasteiger partial charge is 0.506 e. The van der Waals surface area contributed by atoms with E-state index in [2.05, 4.69) is 0 Å². The molecule has 0 heterocycles. The molecule has 6 nitrogen and oxygen atoms in total. The van der Waals surface area contributed by atoms with Crippen LogP contribution >= 0.6 is 0 Å². The minimum atomic E-state index is -6.56. The first kappa shape index (κ1) is 61.7. The predicted octanol–water partition coefficient (Wildman–Crippen LogP) is 14.0. The summed E-state index contributed by atoms with van der Waals surface area (Å²) in [7, 11) is 0. The number of aliphatic hydroxyl groups is 3. The second kappa shape index (κ2) is 17.0. The molecule has 6 atom stereocenters. The molecule has 0 aliphatic heterocycles. The molecule has 408 valence electrons. The summed E-state index contributed by atoms with van der Waals surface area (Å²) in [6, 6.07) is 0. The van der Waals surface area contributed by atoms with Crippen molar-refractivity contribution in [1.82, 2.24) is 0 Å². The fourth-order valence-corrected chi connectivity index (χ4v) is 10.9. The third-order valence-electron chi connectivity index (χ3n) is 16.9. The van der Waals surface area contributed by atoms with Gasteiger partial charge in [-0.2, -0.15) is 92.2 Å². The van der Waals surface area contributed by atoms with E-state index in [1.54, 1.807) is 41.5 Å². The van der Waals surface area contributed by atoms with Crippen LogP contribution in [-0.2, 0) is 14.4 Å². The maximum Gasteiger partial charge on any atom is 0.460 e. The number of ketones is 3. The smallest absolute Gasteiger partial charge is 0.460 e. The molecule has 0 aromatic carbocycles. The third kappa shape index (κ3) is 7.81. The van der Waals surface area contributed by atoms with E-state index in [0.29, 0.717) is 19.3 Å². The summed E-state index contributed by atoms with van der Waals surface area (Å²) >= 11 is 0. The van der Waals surface area contributed by atoms with E-state index < -0.39 is 156 Å². The van der Waals surface area contributed by atoms with E-state index >= 15 is 0 Å². The van der Waals surface area contributed by atoms with E-state index in [1.807, 2.05) is 0 Å². The monoisotopic (exact) mass is 1210 g/mol. The number of aliphatic hydroxyl groups excluding tert-OH is 3. The summed E-state index contributed by atoms with van der Waals surface area (Å²) < 4.78 is 271. The first-order valence-electron chi connectivity index (χ1n) is 20.5. The van der Waals surface area contributed by atoms with Gasteiger partial charge in [-0.15, -0.1) is 0 Å². The molecule has 0 amide bonds. The minimum absolute atomic E-state index is 0. The summed E-state index contributed by atoms with van der Waals surface area (Å²) in [6.45, 7) is 13.6. The number of carbonyl (C=O) groups is 3. The Kier molecular flexibility index (Phi) is 15.0. The topological polar surface area (TPSA) is 112 Å². The van der Waals surface area contributed by atoms with Crippen molar-refractivity contribution in [2.75, 3.05) is 0 Å². The van der Waals surface area contributed by atoms with Crippen molar-refractivity contribution < 1.29 is 159 Å². The molecular weight excluding hydrogens is 1170 g/mol. The van der Waals surface area contributed by atoms with Gasteiger partial charge in [0, 0.05) is 70.3 Å². The molecular formula is C42H45ErF21O6. The van der Waals surface area contributed by atoms with Crippen molar-refractivity contribution in [3.8, 4) is 0 Å². The number of hydrogen-bond donors (Lipinski definition) is 3. The summed E-state index contributed by atoms with van der Waals surface area (Å²) in [5.74, 6) is -50.5. The zero-order valence-corrected chi connectivity index (χ0v) is 39.6. The van der Waals surface area contributed by atoms with Crippen LogP contribution in [0.25, 0.3) is 0 Å². The zero-order valence-electron chi connectivity index (χ0n) is 37.8. The molecule has 28 heteroatoms. The molecule has 0 aromatic rings. The van der Waals surface area contributed by atoms with Crippen molar-refractivity contribution >= 4 is 17.3 Å². The number of rotatable bonds is 6. The van der Waals surface area contributed by atoms with Gasteiger partial charge in [-0.1, -0.05) is 62.3 Å². The second-order valence-electron chi connectivity index (χ2n) is 20.6. The molecule has 0 spiro atoms. The minimum Gasteiger partial charge on any atom is -0.506 e. The van der Waals surface area contributed by atoms with E-state index in [0.717, 1.165) is 0 Å². The molecule has 0 unspecified atom stereocenters. The Bertz CT molecular complexity index is 2020. The SMILES string of the molecule is CC1(C)[C@H]2CC[C@]1(C)C(=O)/C2=C(\O)C(F)(F)C(F)(F)C(F)(F)F.CC1(C)[C@H]2CC[C@]1(C)C(=O)/C2=C(\O)C(F)(F)C(F)(F)C(F)(F)F.CC1(C)[C@H]2CC[C@]1(C)C(=O)/C2=C(\O)C(F)(F)C(F)(F)C(F)(F)F.[Er]. The van der Waals surface area contributed by atoms with Crippen molar-refractivity contribution in [3.63, 3.8) is 0 Å². The fourth-order valence-electron chi connectivity index (χ4n) is 10.9. The average Bonchev–Trinajstić information content (AvgIpc) is 3.79. The van der Waals surface area contributed by atoms with Crippen LogP contribution in [0.2, 0.25) is 0 Å². The van der Waals surface area contributed by atoms with Crippen LogP contribution < -0.4 is 0 Å². The predicted molar refractivity (Wildman–Crippen MR) is 196 cm³/mol. The van der Waals surface area contributed by atoms with Gasteiger partial charge in [-0.05, 0) is 72.5 Å². The quantitative estimate of drug-likeness (QED) is 0.139. The van der Waals surface area contributed by atoms with Crippen molar-refractivity contribution in [1.29, 1.82) is 0 Å². The molecule has 6 saturated carbocycles. The fraction of sp³-hybridized carbons (Fsp3) is 0.786. The summed E-state index contributed by atoms with van der Waals surface area (Å²) in [6.07, 6.45) is -18.3. The Morgan fingerprint density at radius 3 is 0.643 bits per heavy atom. The van der Waals surface area contributed by atoms with Gasteiger partial charge in [0.2, 0.25) is 0 Å². The first-order valence-corrected chi connectivity index (χ1v) is 20.5. The molecule has 6 bridgehead atoms. The van der Waals surface area contributed by atoms with Crippen LogP contribution in [0, 0.1) is 87.5 Å². The summed E-state index contributed by atoms with van der Waals surface area (Å²) in [4.78, 5) is 36.9. The molecule has 6 fully saturated rings. The summed E-state index contributed by atoms with van der Waals surface area (Å²) in [5.41, 5.74) is -9.29. The molecule has 3 N–H and O–H groups in total. The Balaban J connectivity index is 0.000000276. The Morgan fingerprint density at radius 2 is 0.529 bits per heavy atom. The molecule has 0 radical (unpaired) electrons. The van der Waals surface area contributed by atoms with Gasteiger partial charge in [-0.25, -0.2) is 0 Å². The van der Waals surface area contributed by atoms with Gasteiger partial charge in [0.15, 0.2) is 34.6 Å². The van der Waals surface area contributed by atoms with Gasteiger partial charge in [0.25, 0.3) is 0 Å². The number of carbonyl (C=O) groups excluding carboxylic acids is 3.